The lowest BCUT2D eigenvalue weighted by Gasteiger charge is -2.24. The van der Waals surface area contributed by atoms with Crippen molar-refractivity contribution in [2.75, 3.05) is 0 Å². The van der Waals surface area contributed by atoms with Gasteiger partial charge in [0.05, 0.1) is 0 Å². The van der Waals surface area contributed by atoms with Gasteiger partial charge in [-0.3, -0.25) is 0 Å². The van der Waals surface area contributed by atoms with Crippen LogP contribution in [0.25, 0.3) is 0 Å². The molecule has 1 aliphatic heterocycles. The van der Waals surface area contributed by atoms with Crippen molar-refractivity contribution < 1.29 is 0 Å². The van der Waals surface area contributed by atoms with Crippen molar-refractivity contribution in [3.63, 3.8) is 0 Å². The maximum atomic E-state index is 8.41. The van der Waals surface area contributed by atoms with Gasteiger partial charge in [-0.05, 0) is 48.3 Å². The molecule has 2 aromatic carbocycles. The molecule has 0 saturated heterocycles. The van der Waals surface area contributed by atoms with Crippen molar-refractivity contribution >= 4 is 36.6 Å². The Morgan fingerprint density at radius 3 is 2.70 bits per heavy atom. The predicted octanol–water partition coefficient (Wildman–Crippen LogP) is 5.87. The second kappa shape index (κ2) is 7.88. The number of hydrogen-bond donors (Lipinski definition) is 2. The van der Waals surface area contributed by atoms with E-state index in [-0.39, 0.29) is 0 Å². The molecule has 0 fully saturated rings. The minimum Gasteiger partial charge on any atom is -0.305 e. The number of nitrogens with one attached hydrogen (secondary N) is 2. The first-order chi connectivity index (χ1) is 13.1. The van der Waals surface area contributed by atoms with E-state index in [9.17, 15) is 0 Å². The van der Waals surface area contributed by atoms with Crippen molar-refractivity contribution in [1.29, 1.82) is 10.8 Å². The molecule has 0 radical (unpaired) electrons. The zero-order valence-corrected chi connectivity index (χ0v) is 17.2. The number of aryl methyl sites for hydroxylation is 2. The molecule has 0 spiro atoms. The third-order valence-electron chi connectivity index (χ3n) is 5.11. The van der Waals surface area contributed by atoms with Gasteiger partial charge in [-0.1, -0.05) is 57.1 Å². The Kier molecular flexibility index (Phi) is 5.33. The van der Waals surface area contributed by atoms with E-state index in [1.165, 1.54) is 20.6 Å². The minimum absolute atomic E-state index is 0.446. The van der Waals surface area contributed by atoms with Gasteiger partial charge < -0.3 is 10.8 Å². The minimum atomic E-state index is 0.446. The first-order valence-corrected chi connectivity index (χ1v) is 11.2. The van der Waals surface area contributed by atoms with E-state index < -0.39 is 0 Å². The highest BCUT2D eigenvalue weighted by atomic mass is 32.1. The highest BCUT2D eigenvalue weighted by Crippen LogP contribution is 2.44. The van der Waals surface area contributed by atoms with Crippen LogP contribution in [0.1, 0.15) is 44.9 Å². The van der Waals surface area contributed by atoms with Crippen LogP contribution < -0.4 is 5.30 Å². The molecule has 0 aliphatic carbocycles. The third kappa shape index (κ3) is 3.95. The second-order valence-electron chi connectivity index (χ2n) is 7.02. The number of thiophene rings is 1. The average molecular weight is 390 g/mol. The maximum absolute atomic E-state index is 8.41. The number of hydrogen-bond acceptors (Lipinski definition) is 3. The van der Waals surface area contributed by atoms with Crippen LogP contribution in [0.5, 0.6) is 0 Å². The van der Waals surface area contributed by atoms with Crippen LogP contribution in [0.15, 0.2) is 60.7 Å². The highest BCUT2D eigenvalue weighted by molar-refractivity contribution is 7.48. The molecule has 1 aliphatic rings. The molecule has 0 bridgehead atoms. The summed E-state index contributed by atoms with van der Waals surface area (Å²) in [4.78, 5) is 2.74. The van der Waals surface area contributed by atoms with Gasteiger partial charge in [-0.15, -0.1) is 11.3 Å². The maximum Gasteiger partial charge on any atom is 0.0402 e. The summed E-state index contributed by atoms with van der Waals surface area (Å²) in [5.41, 5.74) is 5.31. The second-order valence-corrected chi connectivity index (χ2v) is 9.75. The summed E-state index contributed by atoms with van der Waals surface area (Å²) in [5, 5.41) is 18.1. The molecule has 136 valence electrons. The lowest BCUT2D eigenvalue weighted by atomic mass is 10.0. The van der Waals surface area contributed by atoms with Crippen molar-refractivity contribution in [1.82, 2.24) is 0 Å². The zero-order chi connectivity index (χ0) is 18.8. The number of benzene rings is 2. The number of fused-ring (bicyclic) bond motifs is 1. The van der Waals surface area contributed by atoms with Crippen molar-refractivity contribution in [3.8, 4) is 0 Å². The molecule has 4 heteroatoms. The van der Waals surface area contributed by atoms with E-state index >= 15 is 0 Å². The first-order valence-electron chi connectivity index (χ1n) is 9.27. The van der Waals surface area contributed by atoms with E-state index in [1.807, 2.05) is 35.6 Å². The standard InChI is InChI=1S/C23H23N2PS/c1-15-6-2-3-7-17(15)19(24)12-10-16-11-13-23(27-16)22-14-20(25)18-8-4-5-9-21(18)26-22/h2-9,11,13,22,24-26H,10,12,14H2,1H3. The molecule has 0 amide bonds. The van der Waals surface area contributed by atoms with E-state index in [2.05, 4.69) is 43.3 Å². The van der Waals surface area contributed by atoms with Gasteiger partial charge in [0.2, 0.25) is 0 Å². The summed E-state index contributed by atoms with van der Waals surface area (Å²) < 4.78 is 0. The number of rotatable bonds is 5. The summed E-state index contributed by atoms with van der Waals surface area (Å²) in [5.74, 6) is 0. The fourth-order valence-corrected chi connectivity index (χ4v) is 6.47. The monoisotopic (exact) mass is 390 g/mol. The fraction of sp³-hybridized carbons (Fsp3) is 0.217. The van der Waals surface area contributed by atoms with Crippen LogP contribution in [0.4, 0.5) is 0 Å². The summed E-state index contributed by atoms with van der Waals surface area (Å²) >= 11 is 1.87. The molecule has 2 nitrogen and oxygen atoms in total. The first kappa shape index (κ1) is 18.3. The van der Waals surface area contributed by atoms with Gasteiger partial charge in [0, 0.05) is 38.8 Å². The van der Waals surface area contributed by atoms with Gasteiger partial charge in [-0.2, -0.15) is 0 Å². The van der Waals surface area contributed by atoms with Crippen LogP contribution in [-0.4, -0.2) is 11.4 Å². The summed E-state index contributed by atoms with van der Waals surface area (Å²) in [7, 11) is 0.741. The van der Waals surface area contributed by atoms with E-state index in [0.717, 1.165) is 50.4 Å². The molecule has 2 N–H and O–H groups in total. The molecule has 3 aromatic rings. The quantitative estimate of drug-likeness (QED) is 0.404. The predicted molar refractivity (Wildman–Crippen MR) is 119 cm³/mol. The van der Waals surface area contributed by atoms with Crippen LogP contribution in [0.2, 0.25) is 0 Å². The molecule has 2 unspecified atom stereocenters. The van der Waals surface area contributed by atoms with Gasteiger partial charge in [0.1, 0.15) is 0 Å². The molecule has 2 atom stereocenters. The topological polar surface area (TPSA) is 47.7 Å². The lowest BCUT2D eigenvalue weighted by Crippen LogP contribution is -2.19. The highest BCUT2D eigenvalue weighted by Gasteiger charge is 2.24. The van der Waals surface area contributed by atoms with Crippen LogP contribution in [0.3, 0.4) is 0 Å². The lowest BCUT2D eigenvalue weighted by molar-refractivity contribution is 1.01. The van der Waals surface area contributed by atoms with Gasteiger partial charge in [0.15, 0.2) is 0 Å². The largest absolute Gasteiger partial charge is 0.305 e. The Morgan fingerprint density at radius 1 is 1.07 bits per heavy atom. The zero-order valence-electron chi connectivity index (χ0n) is 15.4. The third-order valence-corrected chi connectivity index (χ3v) is 8.19. The van der Waals surface area contributed by atoms with Crippen molar-refractivity contribution in [2.24, 2.45) is 0 Å². The van der Waals surface area contributed by atoms with Crippen LogP contribution >= 0.6 is 19.9 Å². The molecular weight excluding hydrogens is 367 g/mol. The van der Waals surface area contributed by atoms with E-state index in [4.69, 9.17) is 10.8 Å². The summed E-state index contributed by atoms with van der Waals surface area (Å²) in [6, 6.07) is 21.0. The molecule has 2 heterocycles. The van der Waals surface area contributed by atoms with Crippen LogP contribution in [-0.2, 0) is 6.42 Å². The SMILES string of the molecule is Cc1ccccc1C(=N)CCc1ccc(C2CC(=N)c3ccccc3P2)s1. The normalized spacial score (nSPS) is 17.1. The molecule has 4 rings (SSSR count). The van der Waals surface area contributed by atoms with E-state index in [0.29, 0.717) is 5.66 Å². The Labute approximate surface area is 166 Å². The summed E-state index contributed by atoms with van der Waals surface area (Å²) in [6.45, 7) is 2.07. The molecule has 1 aromatic heterocycles. The molecule has 27 heavy (non-hydrogen) atoms. The van der Waals surface area contributed by atoms with Crippen LogP contribution in [0, 0.1) is 17.7 Å². The fourth-order valence-electron chi connectivity index (χ4n) is 3.61. The Bertz CT molecular complexity index is 1000. The Morgan fingerprint density at radius 2 is 1.85 bits per heavy atom. The van der Waals surface area contributed by atoms with Crippen molar-refractivity contribution in [2.45, 2.75) is 31.8 Å². The van der Waals surface area contributed by atoms with Crippen molar-refractivity contribution in [3.05, 3.63) is 87.1 Å². The Hall–Kier alpha value is -2.09. The molecule has 0 saturated carbocycles. The van der Waals surface area contributed by atoms with E-state index in [1.54, 1.807) is 0 Å². The molecular formula is C23H23N2PS. The smallest absolute Gasteiger partial charge is 0.0402 e. The van der Waals surface area contributed by atoms with Gasteiger partial charge in [-0.25, -0.2) is 0 Å². The Balaban J connectivity index is 1.43. The summed E-state index contributed by atoms with van der Waals surface area (Å²) in [6.07, 6.45) is 2.53. The van der Waals surface area contributed by atoms with Gasteiger partial charge in [0.25, 0.3) is 0 Å². The average Bonchev–Trinajstić information content (AvgIpc) is 3.15. The van der Waals surface area contributed by atoms with Gasteiger partial charge >= 0.3 is 0 Å².